The average Bonchev–Trinajstić information content (AvgIpc) is 3.09. The largest absolute Gasteiger partial charge is 0.480 e. The molecule has 3 nitrogen and oxygen atoms in total. The molecule has 1 heterocycles. The number of carbonyl (C=O) groups is 1. The highest BCUT2D eigenvalue weighted by Crippen LogP contribution is 2.34. The van der Waals surface area contributed by atoms with Gasteiger partial charge in [-0.15, -0.1) is 0 Å². The van der Waals surface area contributed by atoms with E-state index in [-0.39, 0.29) is 5.91 Å². The van der Waals surface area contributed by atoms with Crippen LogP contribution in [-0.2, 0) is 11.2 Å². The Bertz CT molecular complexity index is 870. The van der Waals surface area contributed by atoms with Gasteiger partial charge in [-0.05, 0) is 35.9 Å². The van der Waals surface area contributed by atoms with Crippen molar-refractivity contribution in [1.82, 2.24) is 0 Å². The van der Waals surface area contributed by atoms with Crippen molar-refractivity contribution in [2.75, 3.05) is 5.32 Å². The van der Waals surface area contributed by atoms with Gasteiger partial charge < -0.3 is 10.1 Å². The highest BCUT2D eigenvalue weighted by molar-refractivity contribution is 7.99. The second kappa shape index (κ2) is 7.03. The molecule has 4 rings (SSSR count). The van der Waals surface area contributed by atoms with Crippen LogP contribution in [0.5, 0.6) is 5.75 Å². The number of hydrogen-bond donors (Lipinski definition) is 1. The van der Waals surface area contributed by atoms with Gasteiger partial charge in [0.15, 0.2) is 6.10 Å². The van der Waals surface area contributed by atoms with Crippen LogP contribution in [0.2, 0.25) is 0 Å². The number of anilines is 1. The molecule has 1 unspecified atom stereocenters. The Labute approximate surface area is 151 Å². The summed E-state index contributed by atoms with van der Waals surface area (Å²) < 4.78 is 5.78. The van der Waals surface area contributed by atoms with Gasteiger partial charge in [-0.2, -0.15) is 0 Å². The summed E-state index contributed by atoms with van der Waals surface area (Å²) in [6.07, 6.45) is 0.128. The van der Waals surface area contributed by atoms with E-state index in [0.717, 1.165) is 26.8 Å². The predicted molar refractivity (Wildman–Crippen MR) is 100 cm³/mol. The Hall–Kier alpha value is -2.72. The first kappa shape index (κ1) is 15.8. The third-order valence-corrected chi connectivity index (χ3v) is 5.14. The number of amides is 1. The molecule has 0 saturated carbocycles. The molecular formula is C21H17NO2S. The van der Waals surface area contributed by atoms with Crippen LogP contribution in [0.4, 0.5) is 5.69 Å². The summed E-state index contributed by atoms with van der Waals surface area (Å²) in [6.45, 7) is 0. The second-order valence-electron chi connectivity index (χ2n) is 5.82. The summed E-state index contributed by atoms with van der Waals surface area (Å²) in [5.74, 6) is 0.687. The van der Waals surface area contributed by atoms with Gasteiger partial charge in [0.2, 0.25) is 0 Å². The summed E-state index contributed by atoms with van der Waals surface area (Å²) in [5, 5.41) is 3.02. The monoisotopic (exact) mass is 347 g/mol. The maximum atomic E-state index is 12.6. The number of carbonyl (C=O) groups excluding carboxylic acids is 1. The van der Waals surface area contributed by atoms with E-state index in [9.17, 15) is 4.79 Å². The van der Waals surface area contributed by atoms with E-state index >= 15 is 0 Å². The fraction of sp³-hybridized carbons (Fsp3) is 0.0952. The SMILES string of the molecule is O=C(Nc1ccccc1Sc1ccccc1)C1Cc2ccccc2O1. The van der Waals surface area contributed by atoms with Crippen LogP contribution in [0.25, 0.3) is 0 Å². The lowest BCUT2D eigenvalue weighted by Crippen LogP contribution is -2.31. The molecule has 25 heavy (non-hydrogen) atoms. The zero-order chi connectivity index (χ0) is 17.1. The van der Waals surface area contributed by atoms with Gasteiger partial charge in [-0.1, -0.05) is 60.3 Å². The van der Waals surface area contributed by atoms with Crippen molar-refractivity contribution in [3.8, 4) is 5.75 Å². The van der Waals surface area contributed by atoms with E-state index < -0.39 is 6.10 Å². The van der Waals surface area contributed by atoms with Gasteiger partial charge in [0.05, 0.1) is 5.69 Å². The minimum atomic E-state index is -0.479. The van der Waals surface area contributed by atoms with Crippen LogP contribution in [-0.4, -0.2) is 12.0 Å². The molecule has 124 valence electrons. The molecule has 0 bridgehead atoms. The Morgan fingerprint density at radius 3 is 2.48 bits per heavy atom. The minimum Gasteiger partial charge on any atom is -0.480 e. The van der Waals surface area contributed by atoms with E-state index in [1.807, 2.05) is 66.7 Å². The lowest BCUT2D eigenvalue weighted by Gasteiger charge is -2.14. The third kappa shape index (κ3) is 3.54. The standard InChI is InChI=1S/C21H17NO2S/c23-21(19-14-15-8-4-6-12-18(15)24-19)22-17-11-5-7-13-20(17)25-16-9-2-1-3-10-16/h1-13,19H,14H2,(H,22,23). The fourth-order valence-corrected chi connectivity index (χ4v) is 3.74. The van der Waals surface area contributed by atoms with Crippen LogP contribution in [0.3, 0.4) is 0 Å². The molecular weight excluding hydrogens is 330 g/mol. The number of fused-ring (bicyclic) bond motifs is 1. The molecule has 1 amide bonds. The number of benzene rings is 3. The normalized spacial score (nSPS) is 15.3. The molecule has 3 aromatic rings. The molecule has 4 heteroatoms. The fourth-order valence-electron chi connectivity index (χ4n) is 2.82. The Kier molecular flexibility index (Phi) is 4.44. The maximum absolute atomic E-state index is 12.6. The second-order valence-corrected chi connectivity index (χ2v) is 6.93. The molecule has 1 aliphatic rings. The van der Waals surface area contributed by atoms with Crippen molar-refractivity contribution in [2.24, 2.45) is 0 Å². The molecule has 0 spiro atoms. The van der Waals surface area contributed by atoms with E-state index in [4.69, 9.17) is 4.74 Å². The van der Waals surface area contributed by atoms with Gasteiger partial charge in [0.1, 0.15) is 5.75 Å². The number of hydrogen-bond acceptors (Lipinski definition) is 3. The highest BCUT2D eigenvalue weighted by Gasteiger charge is 2.29. The summed E-state index contributed by atoms with van der Waals surface area (Å²) in [7, 11) is 0. The first-order chi connectivity index (χ1) is 12.3. The molecule has 1 aliphatic heterocycles. The van der Waals surface area contributed by atoms with Crippen molar-refractivity contribution in [3.63, 3.8) is 0 Å². The molecule has 0 aliphatic carbocycles. The lowest BCUT2D eigenvalue weighted by atomic mass is 10.1. The zero-order valence-electron chi connectivity index (χ0n) is 13.5. The van der Waals surface area contributed by atoms with Crippen LogP contribution >= 0.6 is 11.8 Å². The number of rotatable bonds is 4. The van der Waals surface area contributed by atoms with Gasteiger partial charge >= 0.3 is 0 Å². The molecule has 0 aromatic heterocycles. The lowest BCUT2D eigenvalue weighted by molar-refractivity contribution is -0.122. The zero-order valence-corrected chi connectivity index (χ0v) is 14.3. The minimum absolute atomic E-state index is 0.114. The van der Waals surface area contributed by atoms with E-state index in [0.29, 0.717) is 6.42 Å². The van der Waals surface area contributed by atoms with Crippen LogP contribution in [0, 0.1) is 0 Å². The first-order valence-electron chi connectivity index (χ1n) is 8.17. The molecule has 1 atom stereocenters. The van der Waals surface area contributed by atoms with Crippen molar-refractivity contribution < 1.29 is 9.53 Å². The Morgan fingerprint density at radius 1 is 0.920 bits per heavy atom. The van der Waals surface area contributed by atoms with E-state index in [1.54, 1.807) is 11.8 Å². The third-order valence-electron chi connectivity index (χ3n) is 4.06. The Morgan fingerprint density at radius 2 is 1.64 bits per heavy atom. The van der Waals surface area contributed by atoms with E-state index in [2.05, 4.69) is 17.4 Å². The van der Waals surface area contributed by atoms with Gasteiger partial charge in [-0.3, -0.25) is 4.79 Å². The number of nitrogens with one attached hydrogen (secondary N) is 1. The van der Waals surface area contributed by atoms with Crippen LogP contribution in [0.1, 0.15) is 5.56 Å². The van der Waals surface area contributed by atoms with Crippen molar-refractivity contribution in [1.29, 1.82) is 0 Å². The smallest absolute Gasteiger partial charge is 0.265 e. The number of ether oxygens (including phenoxy) is 1. The van der Waals surface area contributed by atoms with Crippen molar-refractivity contribution >= 4 is 23.4 Å². The maximum Gasteiger partial charge on any atom is 0.265 e. The topological polar surface area (TPSA) is 38.3 Å². The predicted octanol–water partition coefficient (Wildman–Crippen LogP) is 4.78. The molecule has 0 fully saturated rings. The molecule has 3 aromatic carbocycles. The van der Waals surface area contributed by atoms with Gasteiger partial charge in [0, 0.05) is 16.2 Å². The average molecular weight is 347 g/mol. The first-order valence-corrected chi connectivity index (χ1v) is 8.98. The quantitative estimate of drug-likeness (QED) is 0.738. The van der Waals surface area contributed by atoms with Gasteiger partial charge in [-0.25, -0.2) is 0 Å². The number of para-hydroxylation sites is 2. The molecule has 1 N–H and O–H groups in total. The van der Waals surface area contributed by atoms with Crippen molar-refractivity contribution in [2.45, 2.75) is 22.3 Å². The van der Waals surface area contributed by atoms with Gasteiger partial charge in [0.25, 0.3) is 5.91 Å². The summed E-state index contributed by atoms with van der Waals surface area (Å²) >= 11 is 1.63. The van der Waals surface area contributed by atoms with Crippen LogP contribution in [0.15, 0.2) is 88.7 Å². The van der Waals surface area contributed by atoms with Crippen LogP contribution < -0.4 is 10.1 Å². The van der Waals surface area contributed by atoms with Crippen molar-refractivity contribution in [3.05, 3.63) is 84.4 Å². The molecule has 0 saturated heterocycles. The summed E-state index contributed by atoms with van der Waals surface area (Å²) in [5.41, 5.74) is 1.88. The summed E-state index contributed by atoms with van der Waals surface area (Å²) in [6, 6.07) is 25.7. The molecule has 0 radical (unpaired) electrons. The van der Waals surface area contributed by atoms with E-state index in [1.165, 1.54) is 0 Å². The Balaban J connectivity index is 1.49. The summed E-state index contributed by atoms with van der Waals surface area (Å²) in [4.78, 5) is 14.8. The highest BCUT2D eigenvalue weighted by atomic mass is 32.2.